The summed E-state index contributed by atoms with van der Waals surface area (Å²) < 4.78 is 50.7. The average Bonchev–Trinajstić information content (AvgIpc) is 2.64. The van der Waals surface area contributed by atoms with Crippen molar-refractivity contribution in [3.63, 3.8) is 0 Å². The Kier molecular flexibility index (Phi) is 6.81. The van der Waals surface area contributed by atoms with Crippen molar-refractivity contribution in [3.05, 3.63) is 56.9 Å². The van der Waals surface area contributed by atoms with Crippen molar-refractivity contribution in [1.29, 1.82) is 0 Å². The lowest BCUT2D eigenvalue weighted by molar-refractivity contribution is -0.387. The van der Waals surface area contributed by atoms with Crippen LogP contribution in [-0.4, -0.2) is 33.8 Å². The molecule has 0 saturated heterocycles. The molecule has 0 spiro atoms. The number of benzene rings is 2. The van der Waals surface area contributed by atoms with E-state index in [1.807, 2.05) is 20.8 Å². The minimum Gasteiger partial charge on any atom is -0.495 e. The minimum absolute atomic E-state index is 0.116. The highest BCUT2D eigenvalue weighted by Gasteiger charge is 2.30. The van der Waals surface area contributed by atoms with Crippen molar-refractivity contribution in [2.45, 2.75) is 26.2 Å². The van der Waals surface area contributed by atoms with Gasteiger partial charge in [-0.15, -0.1) is 0 Å². The van der Waals surface area contributed by atoms with Gasteiger partial charge in [-0.3, -0.25) is 14.8 Å². The largest absolute Gasteiger partial charge is 0.495 e. The highest BCUT2D eigenvalue weighted by Crippen LogP contribution is 2.39. The Morgan fingerprint density at radius 2 is 1.77 bits per heavy atom. The van der Waals surface area contributed by atoms with E-state index in [1.165, 1.54) is 32.4 Å². The minimum atomic E-state index is -3.52. The topological polar surface area (TPSA) is 108 Å². The first-order valence-corrected chi connectivity index (χ1v) is 10.9. The van der Waals surface area contributed by atoms with Crippen LogP contribution in [-0.2, 0) is 15.4 Å². The third-order valence-corrected chi connectivity index (χ3v) is 4.83. The van der Waals surface area contributed by atoms with E-state index in [0.717, 1.165) is 12.3 Å². The number of methoxy groups -OCH3 is 2. The molecule has 8 nitrogen and oxygen atoms in total. The lowest BCUT2D eigenvalue weighted by Crippen LogP contribution is -2.15. The Morgan fingerprint density at radius 1 is 1.13 bits per heavy atom. The molecular formula is C21H23FN2O6S. The summed E-state index contributed by atoms with van der Waals surface area (Å²) >= 11 is 0. The number of nitro groups is 1. The first-order chi connectivity index (χ1) is 14.3. The van der Waals surface area contributed by atoms with Crippen LogP contribution in [0.25, 0.3) is 0 Å². The van der Waals surface area contributed by atoms with E-state index in [1.54, 1.807) is 0 Å². The summed E-state index contributed by atoms with van der Waals surface area (Å²) in [7, 11) is -0.817. The SMILES string of the molecule is COc1cc(C#Cc2c(F)c([N+](=O)[O-])cc(C(C)(C)C)c2OC)ccc1NS(C)(=O)=O. The average molecular weight is 450 g/mol. The van der Waals surface area contributed by atoms with Crippen LogP contribution >= 0.6 is 0 Å². The number of rotatable bonds is 5. The van der Waals surface area contributed by atoms with Crippen molar-refractivity contribution >= 4 is 21.4 Å². The third-order valence-electron chi connectivity index (χ3n) is 4.23. The molecule has 1 N–H and O–H groups in total. The quantitative estimate of drug-likeness (QED) is 0.422. The Morgan fingerprint density at radius 3 is 2.26 bits per heavy atom. The molecule has 0 atom stereocenters. The molecule has 2 aromatic carbocycles. The molecule has 0 unspecified atom stereocenters. The number of sulfonamides is 1. The summed E-state index contributed by atoms with van der Waals surface area (Å²) in [6.07, 6.45) is 1.00. The number of halogens is 1. The van der Waals surface area contributed by atoms with E-state index < -0.39 is 31.9 Å². The molecular weight excluding hydrogens is 427 g/mol. The summed E-state index contributed by atoms with van der Waals surface area (Å²) in [5.74, 6) is 4.59. The highest BCUT2D eigenvalue weighted by atomic mass is 32.2. The summed E-state index contributed by atoms with van der Waals surface area (Å²) in [6.45, 7) is 5.46. The number of anilines is 1. The first kappa shape index (κ1) is 24.0. The van der Waals surface area contributed by atoms with E-state index >= 15 is 0 Å². The first-order valence-electron chi connectivity index (χ1n) is 9.01. The van der Waals surface area contributed by atoms with Gasteiger partial charge < -0.3 is 9.47 Å². The Hall–Kier alpha value is -3.32. The Labute approximate surface area is 180 Å². The van der Waals surface area contributed by atoms with Crippen molar-refractivity contribution in [2.24, 2.45) is 0 Å². The smallest absolute Gasteiger partial charge is 0.306 e. The monoisotopic (exact) mass is 450 g/mol. The van der Waals surface area contributed by atoms with Crippen LogP contribution in [0.1, 0.15) is 37.5 Å². The lowest BCUT2D eigenvalue weighted by atomic mass is 9.84. The van der Waals surface area contributed by atoms with Crippen LogP contribution in [0.2, 0.25) is 0 Å². The van der Waals surface area contributed by atoms with E-state index in [2.05, 4.69) is 16.6 Å². The zero-order chi connectivity index (χ0) is 23.6. The molecule has 0 aromatic heterocycles. The fraction of sp³-hybridized carbons (Fsp3) is 0.333. The van der Waals surface area contributed by atoms with Gasteiger partial charge in [0.2, 0.25) is 15.8 Å². The molecule has 2 aromatic rings. The molecule has 0 aliphatic carbocycles. The zero-order valence-corrected chi connectivity index (χ0v) is 18.8. The van der Waals surface area contributed by atoms with Crippen LogP contribution in [0.5, 0.6) is 11.5 Å². The Balaban J connectivity index is 2.67. The summed E-state index contributed by atoms with van der Waals surface area (Å²) in [5.41, 5.74) is -0.467. The van der Waals surface area contributed by atoms with Crippen LogP contribution in [0.4, 0.5) is 15.8 Å². The van der Waals surface area contributed by atoms with Crippen LogP contribution in [0.15, 0.2) is 24.3 Å². The second kappa shape index (κ2) is 8.81. The van der Waals surface area contributed by atoms with Gasteiger partial charge in [0.15, 0.2) is 0 Å². The van der Waals surface area contributed by atoms with Gasteiger partial charge in [-0.1, -0.05) is 32.6 Å². The molecule has 31 heavy (non-hydrogen) atoms. The van der Waals surface area contributed by atoms with Gasteiger partial charge in [0.05, 0.1) is 31.1 Å². The van der Waals surface area contributed by atoms with Gasteiger partial charge in [0, 0.05) is 17.2 Å². The van der Waals surface area contributed by atoms with Gasteiger partial charge in [0.1, 0.15) is 17.1 Å². The summed E-state index contributed by atoms with van der Waals surface area (Å²) in [6, 6.07) is 5.59. The highest BCUT2D eigenvalue weighted by molar-refractivity contribution is 7.92. The molecule has 0 aliphatic rings. The van der Waals surface area contributed by atoms with Gasteiger partial charge in [-0.05, 0) is 23.6 Å². The lowest BCUT2D eigenvalue weighted by Gasteiger charge is -2.23. The van der Waals surface area contributed by atoms with Gasteiger partial charge >= 0.3 is 5.69 Å². The second-order valence-electron chi connectivity index (χ2n) is 7.71. The van der Waals surface area contributed by atoms with Crippen LogP contribution in [0.3, 0.4) is 0 Å². The van der Waals surface area contributed by atoms with Gasteiger partial charge in [-0.25, -0.2) is 8.42 Å². The number of hydrogen-bond donors (Lipinski definition) is 1. The Bertz CT molecular complexity index is 1190. The van der Waals surface area contributed by atoms with Crippen LogP contribution in [0, 0.1) is 27.8 Å². The fourth-order valence-electron chi connectivity index (χ4n) is 2.83. The number of ether oxygens (including phenoxy) is 2. The molecule has 0 aliphatic heterocycles. The summed E-state index contributed by atoms with van der Waals surface area (Å²) in [5, 5.41) is 11.4. The third kappa shape index (κ3) is 5.64. The predicted octanol–water partition coefficient (Wildman–Crippen LogP) is 3.82. The van der Waals surface area contributed by atoms with E-state index in [9.17, 15) is 22.9 Å². The maximum Gasteiger partial charge on any atom is 0.306 e. The molecule has 0 fully saturated rings. The molecule has 0 radical (unpaired) electrons. The number of hydrogen-bond acceptors (Lipinski definition) is 6. The number of nitrogens with one attached hydrogen (secondary N) is 1. The molecule has 0 bridgehead atoms. The van der Waals surface area contributed by atoms with E-state index in [0.29, 0.717) is 11.1 Å². The maximum atomic E-state index is 14.9. The van der Waals surface area contributed by atoms with E-state index in [-0.39, 0.29) is 22.7 Å². The second-order valence-corrected chi connectivity index (χ2v) is 9.46. The predicted molar refractivity (Wildman–Crippen MR) is 116 cm³/mol. The van der Waals surface area contributed by atoms with Crippen molar-refractivity contribution < 1.29 is 27.2 Å². The molecule has 2 rings (SSSR count). The molecule has 166 valence electrons. The number of nitro benzene ring substituents is 1. The molecule has 0 amide bonds. The number of nitrogens with zero attached hydrogens (tertiary/aromatic N) is 1. The molecule has 10 heteroatoms. The molecule has 0 saturated carbocycles. The van der Waals surface area contributed by atoms with Crippen LogP contribution < -0.4 is 14.2 Å². The van der Waals surface area contributed by atoms with Crippen molar-refractivity contribution in [1.82, 2.24) is 0 Å². The fourth-order valence-corrected chi connectivity index (χ4v) is 3.40. The zero-order valence-electron chi connectivity index (χ0n) is 18.0. The standard InChI is InChI=1S/C21H23FN2O6S/c1-21(2,3)15-12-17(24(25)26)19(22)14(20(15)30-5)9-7-13-8-10-16(18(11-13)29-4)23-31(6,27)28/h8,10-12,23H,1-6H3. The molecule has 0 heterocycles. The van der Waals surface area contributed by atoms with E-state index in [4.69, 9.17) is 9.47 Å². The van der Waals surface area contributed by atoms with Crippen molar-refractivity contribution in [2.75, 3.05) is 25.2 Å². The van der Waals surface area contributed by atoms with Gasteiger partial charge in [-0.2, -0.15) is 4.39 Å². The van der Waals surface area contributed by atoms with Crippen molar-refractivity contribution in [3.8, 4) is 23.3 Å². The summed E-state index contributed by atoms with van der Waals surface area (Å²) in [4.78, 5) is 10.6. The maximum absolute atomic E-state index is 14.9. The van der Waals surface area contributed by atoms with Gasteiger partial charge in [0.25, 0.3) is 0 Å². The normalized spacial score (nSPS) is 11.3.